The fraction of sp³-hybridized carbons (Fsp3) is 0.167. The number of fused-ring (bicyclic) bond motifs is 1. The first-order valence-corrected chi connectivity index (χ1v) is 8.42. The average molecular weight is 363 g/mol. The number of nitrogens with zero attached hydrogens (tertiary/aromatic N) is 5. The van der Waals surface area contributed by atoms with Gasteiger partial charge in [0.1, 0.15) is 11.6 Å². The first kappa shape index (κ1) is 16.7. The van der Waals surface area contributed by atoms with Crippen LogP contribution in [0.5, 0.6) is 0 Å². The lowest BCUT2D eigenvalue weighted by molar-refractivity contribution is -0.384. The largest absolute Gasteiger partial charge is 0.334 e. The molecule has 0 fully saturated rings. The Bertz CT molecular complexity index is 1130. The van der Waals surface area contributed by atoms with Crippen LogP contribution in [0.4, 0.5) is 17.2 Å². The van der Waals surface area contributed by atoms with Crippen molar-refractivity contribution in [2.75, 3.05) is 5.32 Å². The zero-order chi connectivity index (χ0) is 19.0. The third kappa shape index (κ3) is 3.10. The SMILES string of the molecule is CC(C)c1nccn1-c1ccc([N+](=O)[O-])c(Nc2ccc3[nH]ncc3c2)n1. The maximum absolute atomic E-state index is 11.4. The van der Waals surface area contributed by atoms with Gasteiger partial charge in [-0.3, -0.25) is 19.8 Å². The minimum atomic E-state index is -0.452. The average Bonchev–Trinajstić information content (AvgIpc) is 3.30. The van der Waals surface area contributed by atoms with Crippen LogP contribution < -0.4 is 5.32 Å². The van der Waals surface area contributed by atoms with Gasteiger partial charge in [-0.05, 0) is 24.3 Å². The Labute approximate surface area is 154 Å². The van der Waals surface area contributed by atoms with Crippen LogP contribution in [0.15, 0.2) is 48.9 Å². The highest BCUT2D eigenvalue weighted by atomic mass is 16.6. The molecule has 0 aliphatic carbocycles. The summed E-state index contributed by atoms with van der Waals surface area (Å²) in [6.07, 6.45) is 5.18. The van der Waals surface area contributed by atoms with E-state index in [2.05, 4.69) is 25.5 Å². The first-order valence-electron chi connectivity index (χ1n) is 8.42. The van der Waals surface area contributed by atoms with Gasteiger partial charge in [-0.25, -0.2) is 9.97 Å². The number of nitro groups is 1. The Hall–Kier alpha value is -3.75. The Kier molecular flexibility index (Phi) is 4.03. The predicted octanol–water partition coefficient (Wildman–Crippen LogP) is 3.92. The zero-order valence-electron chi connectivity index (χ0n) is 14.7. The number of hydrogen-bond donors (Lipinski definition) is 2. The van der Waals surface area contributed by atoms with E-state index in [4.69, 9.17) is 0 Å². The molecule has 9 nitrogen and oxygen atoms in total. The molecule has 3 aromatic heterocycles. The van der Waals surface area contributed by atoms with E-state index in [1.54, 1.807) is 24.7 Å². The number of H-pyrrole nitrogens is 1. The summed E-state index contributed by atoms with van der Waals surface area (Å²) in [5, 5.41) is 22.3. The molecule has 0 spiro atoms. The van der Waals surface area contributed by atoms with E-state index in [-0.39, 0.29) is 17.4 Å². The highest BCUT2D eigenvalue weighted by Gasteiger charge is 2.19. The van der Waals surface area contributed by atoms with Crippen LogP contribution in [0.2, 0.25) is 0 Å². The third-order valence-corrected chi connectivity index (χ3v) is 4.19. The summed E-state index contributed by atoms with van der Waals surface area (Å²) in [7, 11) is 0. The van der Waals surface area contributed by atoms with Crippen LogP contribution in [0.1, 0.15) is 25.6 Å². The van der Waals surface area contributed by atoms with Crippen molar-refractivity contribution in [1.29, 1.82) is 0 Å². The molecule has 0 saturated heterocycles. The van der Waals surface area contributed by atoms with Gasteiger partial charge in [-0.15, -0.1) is 0 Å². The minimum Gasteiger partial charge on any atom is -0.334 e. The molecule has 0 radical (unpaired) electrons. The quantitative estimate of drug-likeness (QED) is 0.410. The van der Waals surface area contributed by atoms with E-state index in [0.717, 1.165) is 16.7 Å². The first-order chi connectivity index (χ1) is 13.0. The summed E-state index contributed by atoms with van der Waals surface area (Å²) in [6, 6.07) is 8.59. The number of nitrogens with one attached hydrogen (secondary N) is 2. The standard InChI is InChI=1S/C18H17N7O2/c1-11(2)18-19-7-8-24(18)16-6-5-15(25(26)27)17(22-16)21-13-3-4-14-12(9-13)10-20-23-14/h3-11H,1-2H3,(H,20,23)(H,21,22). The fourth-order valence-corrected chi connectivity index (χ4v) is 2.91. The van der Waals surface area contributed by atoms with Crippen molar-refractivity contribution in [1.82, 2.24) is 24.7 Å². The predicted molar refractivity (Wildman–Crippen MR) is 101 cm³/mol. The second kappa shape index (κ2) is 6.52. The summed E-state index contributed by atoms with van der Waals surface area (Å²) >= 11 is 0. The molecule has 0 atom stereocenters. The van der Waals surface area contributed by atoms with Crippen LogP contribution in [-0.4, -0.2) is 29.7 Å². The van der Waals surface area contributed by atoms with Gasteiger partial charge in [-0.2, -0.15) is 5.10 Å². The van der Waals surface area contributed by atoms with Crippen LogP contribution in [0.25, 0.3) is 16.7 Å². The molecule has 27 heavy (non-hydrogen) atoms. The highest BCUT2D eigenvalue weighted by Crippen LogP contribution is 2.29. The van der Waals surface area contributed by atoms with Crippen molar-refractivity contribution in [2.24, 2.45) is 0 Å². The number of aromatic nitrogens is 5. The van der Waals surface area contributed by atoms with E-state index in [1.165, 1.54) is 6.07 Å². The molecule has 0 bridgehead atoms. The molecule has 1 aromatic carbocycles. The fourth-order valence-electron chi connectivity index (χ4n) is 2.91. The van der Waals surface area contributed by atoms with E-state index >= 15 is 0 Å². The van der Waals surface area contributed by atoms with Crippen LogP contribution in [0, 0.1) is 10.1 Å². The summed E-state index contributed by atoms with van der Waals surface area (Å²) in [5.41, 5.74) is 1.47. The lowest BCUT2D eigenvalue weighted by atomic mass is 10.2. The van der Waals surface area contributed by atoms with E-state index in [1.807, 2.05) is 36.6 Å². The van der Waals surface area contributed by atoms with Crippen molar-refractivity contribution < 1.29 is 4.92 Å². The van der Waals surface area contributed by atoms with Crippen molar-refractivity contribution in [3.63, 3.8) is 0 Å². The molecule has 0 amide bonds. The maximum Gasteiger partial charge on any atom is 0.311 e. The molecule has 0 aliphatic heterocycles. The van der Waals surface area contributed by atoms with Gasteiger partial charge in [0.25, 0.3) is 0 Å². The molecule has 136 valence electrons. The molecule has 0 aliphatic rings. The highest BCUT2D eigenvalue weighted by molar-refractivity contribution is 5.83. The van der Waals surface area contributed by atoms with Gasteiger partial charge in [-0.1, -0.05) is 13.8 Å². The number of benzene rings is 1. The second-order valence-electron chi connectivity index (χ2n) is 6.40. The van der Waals surface area contributed by atoms with Crippen LogP contribution in [0.3, 0.4) is 0 Å². The minimum absolute atomic E-state index is 0.0998. The Morgan fingerprint density at radius 1 is 1.26 bits per heavy atom. The number of hydrogen-bond acceptors (Lipinski definition) is 6. The third-order valence-electron chi connectivity index (χ3n) is 4.19. The van der Waals surface area contributed by atoms with Crippen molar-refractivity contribution >= 4 is 28.1 Å². The molecule has 0 unspecified atom stereocenters. The van der Waals surface area contributed by atoms with Crippen molar-refractivity contribution in [3.8, 4) is 5.82 Å². The number of imidazole rings is 1. The molecule has 3 heterocycles. The maximum atomic E-state index is 11.4. The van der Waals surface area contributed by atoms with Crippen LogP contribution in [-0.2, 0) is 0 Å². The van der Waals surface area contributed by atoms with Crippen molar-refractivity contribution in [3.05, 3.63) is 64.9 Å². The van der Waals surface area contributed by atoms with E-state index < -0.39 is 4.92 Å². The van der Waals surface area contributed by atoms with E-state index in [0.29, 0.717) is 11.5 Å². The number of aromatic amines is 1. The molecular weight excluding hydrogens is 346 g/mol. The number of anilines is 2. The summed E-state index contributed by atoms with van der Waals surface area (Å²) in [5.74, 6) is 1.76. The zero-order valence-corrected chi connectivity index (χ0v) is 14.7. The molecule has 2 N–H and O–H groups in total. The summed E-state index contributed by atoms with van der Waals surface area (Å²) in [4.78, 5) is 19.8. The lowest BCUT2D eigenvalue weighted by Crippen LogP contribution is -2.07. The lowest BCUT2D eigenvalue weighted by Gasteiger charge is -2.12. The normalized spacial score (nSPS) is 11.2. The summed E-state index contributed by atoms with van der Waals surface area (Å²) in [6.45, 7) is 4.06. The molecule has 9 heteroatoms. The van der Waals surface area contributed by atoms with Gasteiger partial charge < -0.3 is 5.32 Å². The van der Waals surface area contributed by atoms with Gasteiger partial charge in [0.05, 0.1) is 16.6 Å². The van der Waals surface area contributed by atoms with E-state index in [9.17, 15) is 10.1 Å². The monoisotopic (exact) mass is 363 g/mol. The molecule has 4 aromatic rings. The van der Waals surface area contributed by atoms with Gasteiger partial charge in [0.2, 0.25) is 5.82 Å². The Morgan fingerprint density at radius 3 is 2.89 bits per heavy atom. The van der Waals surface area contributed by atoms with Crippen LogP contribution >= 0.6 is 0 Å². The van der Waals surface area contributed by atoms with Gasteiger partial charge in [0.15, 0.2) is 0 Å². The molecule has 4 rings (SSSR count). The Balaban J connectivity index is 1.77. The number of rotatable bonds is 5. The molecule has 0 saturated carbocycles. The topological polar surface area (TPSA) is 115 Å². The second-order valence-corrected chi connectivity index (χ2v) is 6.40. The van der Waals surface area contributed by atoms with Gasteiger partial charge >= 0.3 is 5.69 Å². The Morgan fingerprint density at radius 2 is 2.11 bits per heavy atom. The number of pyridine rings is 1. The van der Waals surface area contributed by atoms with Gasteiger partial charge in [0, 0.05) is 35.5 Å². The molecular formula is C18H17N7O2. The summed E-state index contributed by atoms with van der Waals surface area (Å²) < 4.78 is 1.83. The van der Waals surface area contributed by atoms with Crippen molar-refractivity contribution in [2.45, 2.75) is 19.8 Å². The smallest absolute Gasteiger partial charge is 0.311 e.